The molecule has 4 atom stereocenters. The molecule has 3 unspecified atom stereocenters. The standard InChI is InChI=1S/C33H39N3O6/c1-6-36(16(2)3)15-17-8-7-9-18(12-17)20-10-11-23(37)25-21(20)13-19-14-22-26(30(39)24(19)29(25)38)31(40)27(33(34)42)32(41)28(22)35(4)5/h7-12,16,19,22,26,28,37-38,41H,6,13-15H2,1-5H3,(H2,34,42)/t19?,22?,26?,28-/m0/s1. The number of hydrogen-bond acceptors (Lipinski definition) is 8. The van der Waals surface area contributed by atoms with E-state index in [4.69, 9.17) is 5.73 Å². The predicted molar refractivity (Wildman–Crippen MR) is 159 cm³/mol. The van der Waals surface area contributed by atoms with Gasteiger partial charge in [-0.25, -0.2) is 0 Å². The summed E-state index contributed by atoms with van der Waals surface area (Å²) in [5.41, 5.74) is 8.79. The van der Waals surface area contributed by atoms with E-state index in [-0.39, 0.29) is 22.6 Å². The predicted octanol–water partition coefficient (Wildman–Crippen LogP) is 3.75. The molecule has 0 aromatic heterocycles. The zero-order chi connectivity index (χ0) is 30.6. The Bertz CT molecular complexity index is 1540. The van der Waals surface area contributed by atoms with Crippen molar-refractivity contribution in [2.75, 3.05) is 20.6 Å². The minimum Gasteiger partial charge on any atom is -0.510 e. The van der Waals surface area contributed by atoms with Crippen molar-refractivity contribution in [3.8, 4) is 16.9 Å². The lowest BCUT2D eigenvalue weighted by Crippen LogP contribution is -2.55. The van der Waals surface area contributed by atoms with Crippen molar-refractivity contribution in [2.24, 2.45) is 23.5 Å². The number of aromatic hydroxyl groups is 1. The third-order valence-corrected chi connectivity index (χ3v) is 9.21. The molecule has 2 aromatic carbocycles. The SMILES string of the molecule is CCN(Cc1cccc(-c2ccc(O)c3c2CC2CC4C(C(=O)C(C(N)=O)=C(O)[C@H]4N(C)C)C(=O)C2=C3O)c1)C(C)C. The molecule has 0 radical (unpaired) electrons. The topological polar surface area (TPSA) is 144 Å². The summed E-state index contributed by atoms with van der Waals surface area (Å²) in [5.74, 6) is -5.77. The number of phenols is 1. The van der Waals surface area contributed by atoms with E-state index in [1.54, 1.807) is 19.0 Å². The van der Waals surface area contributed by atoms with E-state index in [1.165, 1.54) is 6.07 Å². The molecule has 9 nitrogen and oxygen atoms in total. The van der Waals surface area contributed by atoms with E-state index < -0.39 is 52.6 Å². The van der Waals surface area contributed by atoms with E-state index in [2.05, 4.69) is 37.8 Å². The van der Waals surface area contributed by atoms with Gasteiger partial charge < -0.3 is 21.1 Å². The summed E-state index contributed by atoms with van der Waals surface area (Å²) in [7, 11) is 3.41. The van der Waals surface area contributed by atoms with Gasteiger partial charge in [-0.3, -0.25) is 24.2 Å². The smallest absolute Gasteiger partial charge is 0.255 e. The first kappa shape index (κ1) is 29.5. The van der Waals surface area contributed by atoms with Gasteiger partial charge in [-0.2, -0.15) is 0 Å². The second-order valence-electron chi connectivity index (χ2n) is 12.1. The number of Topliss-reactive ketones (excluding diaryl/α,β-unsaturated/α-hetero) is 2. The molecule has 1 fully saturated rings. The zero-order valence-electron chi connectivity index (χ0n) is 24.7. The first-order chi connectivity index (χ1) is 19.9. The number of nitrogens with two attached hydrogens (primary N) is 1. The maximum atomic E-state index is 14.0. The summed E-state index contributed by atoms with van der Waals surface area (Å²) in [6.07, 6.45) is 0.668. The first-order valence-corrected chi connectivity index (χ1v) is 14.5. The second kappa shape index (κ2) is 11.0. The Morgan fingerprint density at radius 1 is 1.07 bits per heavy atom. The van der Waals surface area contributed by atoms with Gasteiger partial charge in [-0.05, 0) is 93.6 Å². The normalized spacial score (nSPS) is 23.9. The lowest BCUT2D eigenvalue weighted by molar-refractivity contribution is -0.136. The lowest BCUT2D eigenvalue weighted by atomic mass is 9.59. The van der Waals surface area contributed by atoms with Gasteiger partial charge in [0.2, 0.25) is 0 Å². The van der Waals surface area contributed by atoms with E-state index in [0.717, 1.165) is 35.3 Å². The van der Waals surface area contributed by atoms with Crippen molar-refractivity contribution in [3.05, 3.63) is 70.0 Å². The van der Waals surface area contributed by atoms with Crippen molar-refractivity contribution in [1.82, 2.24) is 9.80 Å². The second-order valence-corrected chi connectivity index (χ2v) is 12.1. The van der Waals surface area contributed by atoms with Crippen LogP contribution in [0.15, 0.2) is 53.3 Å². The quantitative estimate of drug-likeness (QED) is 0.290. The summed E-state index contributed by atoms with van der Waals surface area (Å²) in [6.45, 7) is 8.16. The van der Waals surface area contributed by atoms with Gasteiger partial charge in [0.25, 0.3) is 5.91 Å². The number of carbonyl (C=O) groups is 3. The Morgan fingerprint density at radius 3 is 2.40 bits per heavy atom. The fourth-order valence-electron chi connectivity index (χ4n) is 7.27. The van der Waals surface area contributed by atoms with Crippen LogP contribution in [0.25, 0.3) is 16.9 Å². The average Bonchev–Trinajstić information content (AvgIpc) is 2.91. The number of phenolic OH excluding ortho intramolecular Hbond substituents is 1. The van der Waals surface area contributed by atoms with Gasteiger partial charge in [0, 0.05) is 18.2 Å². The molecule has 0 aliphatic heterocycles. The van der Waals surface area contributed by atoms with Crippen molar-refractivity contribution in [3.63, 3.8) is 0 Å². The summed E-state index contributed by atoms with van der Waals surface area (Å²) in [4.78, 5) is 43.5. The molecule has 5 N–H and O–H groups in total. The minimum absolute atomic E-state index is 0.0801. The Hall–Kier alpha value is -3.95. The molecule has 0 bridgehead atoms. The number of amides is 1. The number of aliphatic hydroxyl groups is 2. The van der Waals surface area contributed by atoms with Gasteiger partial charge in [0.05, 0.1) is 17.5 Å². The number of benzene rings is 2. The summed E-state index contributed by atoms with van der Waals surface area (Å²) in [5, 5.41) is 33.4. The molecule has 2 aromatic rings. The highest BCUT2D eigenvalue weighted by Gasteiger charge is 2.55. The number of hydrogen-bond donors (Lipinski definition) is 4. The van der Waals surface area contributed by atoms with Crippen molar-refractivity contribution in [2.45, 2.75) is 52.2 Å². The van der Waals surface area contributed by atoms with E-state index >= 15 is 0 Å². The molecule has 42 heavy (non-hydrogen) atoms. The lowest BCUT2D eigenvalue weighted by Gasteiger charge is -2.46. The van der Waals surface area contributed by atoms with Gasteiger partial charge in [-0.15, -0.1) is 0 Å². The van der Waals surface area contributed by atoms with E-state index in [9.17, 15) is 29.7 Å². The Kier molecular flexibility index (Phi) is 7.76. The molecule has 5 rings (SSSR count). The van der Waals surface area contributed by atoms with Crippen LogP contribution in [0.2, 0.25) is 0 Å². The molecule has 1 saturated carbocycles. The summed E-state index contributed by atoms with van der Waals surface area (Å²) >= 11 is 0. The van der Waals surface area contributed by atoms with E-state index in [1.807, 2.05) is 18.2 Å². The fourth-order valence-corrected chi connectivity index (χ4v) is 7.27. The molecule has 1 amide bonds. The number of ketones is 2. The Morgan fingerprint density at radius 2 is 1.79 bits per heavy atom. The van der Waals surface area contributed by atoms with Crippen LogP contribution < -0.4 is 5.73 Å². The summed E-state index contributed by atoms with van der Waals surface area (Å²) < 4.78 is 0. The zero-order valence-corrected chi connectivity index (χ0v) is 24.7. The average molecular weight is 574 g/mol. The van der Waals surface area contributed by atoms with Crippen LogP contribution in [0, 0.1) is 17.8 Å². The molecule has 0 heterocycles. The van der Waals surface area contributed by atoms with Crippen LogP contribution >= 0.6 is 0 Å². The molecule has 222 valence electrons. The highest BCUT2D eigenvalue weighted by molar-refractivity contribution is 6.28. The van der Waals surface area contributed by atoms with Crippen molar-refractivity contribution < 1.29 is 29.7 Å². The van der Waals surface area contributed by atoms with Crippen molar-refractivity contribution in [1.29, 1.82) is 0 Å². The number of fused-ring (bicyclic) bond motifs is 3. The molecular formula is C33H39N3O6. The summed E-state index contributed by atoms with van der Waals surface area (Å²) in [6, 6.07) is 11.2. The highest BCUT2D eigenvalue weighted by atomic mass is 16.3. The van der Waals surface area contributed by atoms with Gasteiger partial charge in [0.15, 0.2) is 11.6 Å². The molecular weight excluding hydrogens is 534 g/mol. The van der Waals surface area contributed by atoms with Gasteiger partial charge in [0.1, 0.15) is 22.8 Å². The molecule has 3 aliphatic rings. The van der Waals surface area contributed by atoms with E-state index in [0.29, 0.717) is 18.9 Å². The molecule has 0 spiro atoms. The number of primary amides is 1. The third kappa shape index (κ3) is 4.70. The first-order valence-electron chi connectivity index (χ1n) is 14.5. The monoisotopic (exact) mass is 573 g/mol. The fraction of sp³-hybridized carbons (Fsp3) is 0.424. The molecule has 0 saturated heterocycles. The number of rotatable bonds is 7. The Balaban J connectivity index is 1.61. The van der Waals surface area contributed by atoms with Crippen LogP contribution in [0.4, 0.5) is 0 Å². The van der Waals surface area contributed by atoms with Gasteiger partial charge >= 0.3 is 0 Å². The number of likely N-dealkylation sites (N-methyl/N-ethyl adjacent to an activating group) is 1. The Labute approximate surface area is 245 Å². The maximum absolute atomic E-state index is 14.0. The number of aliphatic hydroxyl groups excluding tert-OH is 2. The number of carbonyl (C=O) groups excluding carboxylic acids is 3. The minimum atomic E-state index is -1.27. The maximum Gasteiger partial charge on any atom is 0.255 e. The van der Waals surface area contributed by atoms with Crippen LogP contribution in [-0.2, 0) is 27.3 Å². The van der Waals surface area contributed by atoms with Crippen LogP contribution in [0.5, 0.6) is 5.75 Å². The molecule has 3 aliphatic carbocycles. The van der Waals surface area contributed by atoms with Crippen molar-refractivity contribution >= 4 is 23.2 Å². The largest absolute Gasteiger partial charge is 0.510 e. The van der Waals surface area contributed by atoms with Crippen LogP contribution in [-0.4, -0.2) is 75.3 Å². The third-order valence-electron chi connectivity index (χ3n) is 9.21. The van der Waals surface area contributed by atoms with Crippen LogP contribution in [0.3, 0.4) is 0 Å². The van der Waals surface area contributed by atoms with Crippen LogP contribution in [0.1, 0.15) is 43.9 Å². The number of nitrogens with zero attached hydrogens (tertiary/aromatic N) is 2. The number of allylic oxidation sites excluding steroid dienone is 1. The molecule has 9 heteroatoms. The highest BCUT2D eigenvalue weighted by Crippen LogP contribution is 2.51. The van der Waals surface area contributed by atoms with Gasteiger partial charge in [-0.1, -0.05) is 31.2 Å².